The second-order valence-corrected chi connectivity index (χ2v) is 2.89. The quantitative estimate of drug-likeness (QED) is 0.621. The molecule has 0 aromatic rings. The first-order valence-electron chi connectivity index (χ1n) is 3.07. The maximum atomic E-state index is 10.6. The van der Waals surface area contributed by atoms with Crippen LogP contribution in [0.1, 0.15) is 20.3 Å². The van der Waals surface area contributed by atoms with Gasteiger partial charge in [-0.05, 0) is 0 Å². The molecule has 0 aromatic heterocycles. The van der Waals surface area contributed by atoms with E-state index in [1.807, 2.05) is 0 Å². The van der Waals surface area contributed by atoms with Gasteiger partial charge >= 0.3 is 0 Å². The van der Waals surface area contributed by atoms with Gasteiger partial charge in [0.2, 0.25) is 5.91 Å². The first-order chi connectivity index (χ1) is 4.66. The Labute approximate surface area is 64.6 Å². The highest BCUT2D eigenvalue weighted by molar-refractivity contribution is 8.13. The maximum absolute atomic E-state index is 10.6. The minimum atomic E-state index is -0.0197. The molecule has 0 atom stereocenters. The molecule has 0 aliphatic rings. The van der Waals surface area contributed by atoms with Crippen molar-refractivity contribution in [3.63, 3.8) is 0 Å². The number of rotatable bonds is 3. The molecule has 0 aliphatic heterocycles. The zero-order valence-electron chi connectivity index (χ0n) is 6.14. The number of carbonyl (C=O) groups is 2. The van der Waals surface area contributed by atoms with Crippen LogP contribution in [-0.4, -0.2) is 16.9 Å². The van der Waals surface area contributed by atoms with E-state index in [9.17, 15) is 9.59 Å². The summed E-state index contributed by atoms with van der Waals surface area (Å²) in [5.74, 6) is 0.371. The molecular weight excluding hydrogens is 150 g/mol. The zero-order chi connectivity index (χ0) is 7.98. The molecule has 3 nitrogen and oxygen atoms in total. The Morgan fingerprint density at radius 1 is 1.50 bits per heavy atom. The molecule has 0 fully saturated rings. The topological polar surface area (TPSA) is 46.2 Å². The van der Waals surface area contributed by atoms with Gasteiger partial charge in [-0.2, -0.15) is 0 Å². The SMILES string of the molecule is CCC(=O)NCSC(C)=O. The van der Waals surface area contributed by atoms with Crippen molar-refractivity contribution in [2.24, 2.45) is 0 Å². The third-order valence-corrected chi connectivity index (χ3v) is 1.56. The number of hydrogen-bond acceptors (Lipinski definition) is 3. The minimum absolute atomic E-state index is 0.0197. The van der Waals surface area contributed by atoms with Gasteiger partial charge in [0.1, 0.15) is 0 Å². The van der Waals surface area contributed by atoms with Crippen LogP contribution in [0.15, 0.2) is 0 Å². The van der Waals surface area contributed by atoms with Gasteiger partial charge in [0.05, 0.1) is 5.88 Å². The third-order valence-electron chi connectivity index (χ3n) is 0.866. The molecule has 0 heterocycles. The molecule has 1 amide bonds. The van der Waals surface area contributed by atoms with Crippen LogP contribution in [0.2, 0.25) is 0 Å². The van der Waals surface area contributed by atoms with E-state index in [0.717, 1.165) is 11.8 Å². The first-order valence-corrected chi connectivity index (χ1v) is 4.05. The van der Waals surface area contributed by atoms with Crippen LogP contribution in [0.25, 0.3) is 0 Å². The van der Waals surface area contributed by atoms with E-state index in [-0.39, 0.29) is 11.0 Å². The third kappa shape index (κ3) is 5.62. The summed E-state index contributed by atoms with van der Waals surface area (Å²) < 4.78 is 0. The second kappa shape index (κ2) is 5.29. The lowest BCUT2D eigenvalue weighted by Gasteiger charge is -1.98. The van der Waals surface area contributed by atoms with Gasteiger partial charge in [0, 0.05) is 13.3 Å². The average Bonchev–Trinajstić information content (AvgIpc) is 1.87. The molecule has 1 N–H and O–H groups in total. The molecule has 0 aliphatic carbocycles. The van der Waals surface area contributed by atoms with Crippen molar-refractivity contribution in [1.29, 1.82) is 0 Å². The Balaban J connectivity index is 3.20. The Bertz CT molecular complexity index is 136. The van der Waals surface area contributed by atoms with Crippen molar-refractivity contribution in [3.05, 3.63) is 0 Å². The Morgan fingerprint density at radius 3 is 2.50 bits per heavy atom. The van der Waals surface area contributed by atoms with E-state index in [4.69, 9.17) is 0 Å². The number of hydrogen-bond donors (Lipinski definition) is 1. The molecule has 0 rings (SSSR count). The second-order valence-electron chi connectivity index (χ2n) is 1.73. The molecule has 0 spiro atoms. The number of nitrogens with one attached hydrogen (secondary N) is 1. The van der Waals surface area contributed by atoms with Crippen molar-refractivity contribution in [2.75, 3.05) is 5.88 Å². The standard InChI is InChI=1S/C6H11NO2S/c1-3-6(9)7-4-10-5(2)8/h3-4H2,1-2H3,(H,7,9). The van der Waals surface area contributed by atoms with Gasteiger partial charge < -0.3 is 5.32 Å². The number of thioether (sulfide) groups is 1. The molecule has 0 radical (unpaired) electrons. The highest BCUT2D eigenvalue weighted by Crippen LogP contribution is 1.96. The molecule has 58 valence electrons. The van der Waals surface area contributed by atoms with Crippen LogP contribution >= 0.6 is 11.8 Å². The Kier molecular flexibility index (Phi) is 5.02. The largest absolute Gasteiger partial charge is 0.347 e. The Morgan fingerprint density at radius 2 is 2.10 bits per heavy atom. The molecule has 0 unspecified atom stereocenters. The van der Waals surface area contributed by atoms with Crippen LogP contribution in [0.5, 0.6) is 0 Å². The van der Waals surface area contributed by atoms with Crippen LogP contribution in [0, 0.1) is 0 Å². The summed E-state index contributed by atoms with van der Waals surface area (Å²) in [5.41, 5.74) is 0. The molecular formula is C6H11NO2S. The summed E-state index contributed by atoms with van der Waals surface area (Å²) >= 11 is 1.10. The lowest BCUT2D eigenvalue weighted by atomic mass is 10.5. The fourth-order valence-corrected chi connectivity index (χ4v) is 0.780. The molecule has 4 heteroatoms. The molecule has 0 aromatic carbocycles. The predicted molar refractivity (Wildman–Crippen MR) is 41.6 cm³/mol. The van der Waals surface area contributed by atoms with E-state index < -0.39 is 0 Å². The molecule has 10 heavy (non-hydrogen) atoms. The minimum Gasteiger partial charge on any atom is -0.347 e. The summed E-state index contributed by atoms with van der Waals surface area (Å²) in [6, 6.07) is 0. The van der Waals surface area contributed by atoms with Crippen molar-refractivity contribution >= 4 is 22.8 Å². The van der Waals surface area contributed by atoms with Crippen LogP contribution < -0.4 is 5.32 Å². The van der Waals surface area contributed by atoms with Gasteiger partial charge in [-0.25, -0.2) is 0 Å². The van der Waals surface area contributed by atoms with Gasteiger partial charge in [0.25, 0.3) is 0 Å². The normalized spacial score (nSPS) is 9.00. The molecule has 0 saturated heterocycles. The van der Waals surface area contributed by atoms with Crippen molar-refractivity contribution in [2.45, 2.75) is 20.3 Å². The van der Waals surface area contributed by atoms with E-state index in [2.05, 4.69) is 5.32 Å². The van der Waals surface area contributed by atoms with Crippen molar-refractivity contribution in [3.8, 4) is 0 Å². The lowest BCUT2D eigenvalue weighted by molar-refractivity contribution is -0.120. The van der Waals surface area contributed by atoms with Gasteiger partial charge in [-0.3, -0.25) is 9.59 Å². The van der Waals surface area contributed by atoms with Crippen LogP contribution in [0.3, 0.4) is 0 Å². The first kappa shape index (κ1) is 9.49. The maximum Gasteiger partial charge on any atom is 0.220 e. The summed E-state index contributed by atoms with van der Waals surface area (Å²) in [4.78, 5) is 20.9. The average molecular weight is 161 g/mol. The van der Waals surface area contributed by atoms with Crippen molar-refractivity contribution < 1.29 is 9.59 Å². The van der Waals surface area contributed by atoms with Gasteiger partial charge in [-0.15, -0.1) is 0 Å². The summed E-state index contributed by atoms with van der Waals surface area (Å²) in [7, 11) is 0. The summed E-state index contributed by atoms with van der Waals surface area (Å²) in [6.07, 6.45) is 0.471. The van der Waals surface area contributed by atoms with Crippen LogP contribution in [-0.2, 0) is 9.59 Å². The van der Waals surface area contributed by atoms with Crippen LogP contribution in [0.4, 0.5) is 0 Å². The highest BCUT2D eigenvalue weighted by atomic mass is 32.2. The van der Waals surface area contributed by atoms with E-state index in [0.29, 0.717) is 12.3 Å². The van der Waals surface area contributed by atoms with E-state index in [1.165, 1.54) is 6.92 Å². The number of amides is 1. The zero-order valence-corrected chi connectivity index (χ0v) is 6.96. The van der Waals surface area contributed by atoms with Crippen molar-refractivity contribution in [1.82, 2.24) is 5.32 Å². The molecule has 0 saturated carbocycles. The van der Waals surface area contributed by atoms with Gasteiger partial charge in [-0.1, -0.05) is 18.7 Å². The predicted octanol–water partition coefficient (Wildman–Crippen LogP) is 0.750. The fraction of sp³-hybridized carbons (Fsp3) is 0.667. The van der Waals surface area contributed by atoms with E-state index in [1.54, 1.807) is 6.92 Å². The van der Waals surface area contributed by atoms with E-state index >= 15 is 0 Å². The monoisotopic (exact) mass is 161 g/mol. The lowest BCUT2D eigenvalue weighted by Crippen LogP contribution is -2.21. The van der Waals surface area contributed by atoms with Gasteiger partial charge in [0.15, 0.2) is 5.12 Å². The smallest absolute Gasteiger partial charge is 0.220 e. The fourth-order valence-electron chi connectivity index (χ4n) is 0.343. The highest BCUT2D eigenvalue weighted by Gasteiger charge is 1.96. The molecule has 0 bridgehead atoms. The summed E-state index contributed by atoms with van der Waals surface area (Å²) in [6.45, 7) is 3.25. The summed E-state index contributed by atoms with van der Waals surface area (Å²) in [5, 5.41) is 2.59. The Hall–Kier alpha value is -0.510. The number of carbonyl (C=O) groups excluding carboxylic acids is 2.